The highest BCUT2D eigenvalue weighted by Gasteiger charge is 2.30. The standard InChI is InChI=1S/C16H15NO3/c1-2-19-12-9-7-11(8-10-12)17-15-13-5-3-4-6-14(13)16(18)20-15/h3-10,15,17H,2H2,1H3. The Labute approximate surface area is 117 Å². The summed E-state index contributed by atoms with van der Waals surface area (Å²) < 4.78 is 10.7. The van der Waals surface area contributed by atoms with Crippen molar-refractivity contribution in [3.05, 3.63) is 59.7 Å². The maximum absolute atomic E-state index is 11.7. The molecule has 1 aliphatic rings. The van der Waals surface area contributed by atoms with Crippen molar-refractivity contribution in [1.82, 2.24) is 0 Å². The van der Waals surface area contributed by atoms with E-state index >= 15 is 0 Å². The first kappa shape index (κ1) is 12.5. The van der Waals surface area contributed by atoms with Crippen molar-refractivity contribution >= 4 is 11.7 Å². The fourth-order valence-corrected chi connectivity index (χ4v) is 2.22. The van der Waals surface area contributed by atoms with Crippen molar-refractivity contribution in [3.63, 3.8) is 0 Å². The molecule has 4 nitrogen and oxygen atoms in total. The number of esters is 1. The Morgan fingerprint density at radius 2 is 1.90 bits per heavy atom. The van der Waals surface area contributed by atoms with Crippen LogP contribution < -0.4 is 10.1 Å². The van der Waals surface area contributed by atoms with Gasteiger partial charge in [-0.25, -0.2) is 4.79 Å². The number of ether oxygens (including phenoxy) is 2. The minimum Gasteiger partial charge on any atom is -0.494 e. The Morgan fingerprint density at radius 3 is 2.65 bits per heavy atom. The number of benzene rings is 2. The molecule has 0 radical (unpaired) electrons. The Kier molecular flexibility index (Phi) is 3.29. The Bertz CT molecular complexity index is 622. The van der Waals surface area contributed by atoms with E-state index in [2.05, 4.69) is 5.32 Å². The smallest absolute Gasteiger partial charge is 0.340 e. The van der Waals surface area contributed by atoms with Crippen LogP contribution in [0.2, 0.25) is 0 Å². The number of hydrogen-bond acceptors (Lipinski definition) is 4. The molecular formula is C16H15NO3. The van der Waals surface area contributed by atoms with E-state index in [1.165, 1.54) is 0 Å². The lowest BCUT2D eigenvalue weighted by Crippen LogP contribution is -2.10. The fourth-order valence-electron chi connectivity index (χ4n) is 2.22. The van der Waals surface area contributed by atoms with Gasteiger partial charge < -0.3 is 14.8 Å². The minimum absolute atomic E-state index is 0.288. The summed E-state index contributed by atoms with van der Waals surface area (Å²) in [7, 11) is 0. The normalized spacial score (nSPS) is 16.4. The highest BCUT2D eigenvalue weighted by molar-refractivity contribution is 5.94. The summed E-state index contributed by atoms with van der Waals surface area (Å²) in [5.41, 5.74) is 2.37. The molecule has 0 saturated carbocycles. The van der Waals surface area contributed by atoms with Gasteiger partial charge in [0, 0.05) is 11.3 Å². The lowest BCUT2D eigenvalue weighted by molar-refractivity contribution is 0.0437. The predicted octanol–water partition coefficient (Wildman–Crippen LogP) is 3.37. The van der Waals surface area contributed by atoms with E-state index in [1.807, 2.05) is 49.4 Å². The van der Waals surface area contributed by atoms with Crippen LogP contribution in [0, 0.1) is 0 Å². The molecule has 1 N–H and O–H groups in total. The predicted molar refractivity (Wildman–Crippen MR) is 75.8 cm³/mol. The summed E-state index contributed by atoms with van der Waals surface area (Å²) >= 11 is 0. The highest BCUT2D eigenvalue weighted by atomic mass is 16.6. The molecule has 4 heteroatoms. The Morgan fingerprint density at radius 1 is 1.15 bits per heavy atom. The first-order valence-corrected chi connectivity index (χ1v) is 6.57. The molecule has 3 rings (SSSR count). The van der Waals surface area contributed by atoms with Gasteiger partial charge in [0.05, 0.1) is 12.2 Å². The van der Waals surface area contributed by atoms with Crippen LogP contribution in [-0.4, -0.2) is 12.6 Å². The van der Waals surface area contributed by atoms with Gasteiger partial charge in [-0.15, -0.1) is 0 Å². The first-order valence-electron chi connectivity index (χ1n) is 6.57. The molecule has 1 aliphatic heterocycles. The van der Waals surface area contributed by atoms with Gasteiger partial charge in [-0.3, -0.25) is 0 Å². The van der Waals surface area contributed by atoms with Crippen molar-refractivity contribution in [3.8, 4) is 5.75 Å². The number of hydrogen-bond donors (Lipinski definition) is 1. The Hall–Kier alpha value is -2.49. The van der Waals surface area contributed by atoms with E-state index < -0.39 is 6.23 Å². The van der Waals surface area contributed by atoms with Crippen LogP contribution in [-0.2, 0) is 4.74 Å². The third kappa shape index (κ3) is 2.32. The molecule has 0 aliphatic carbocycles. The molecule has 0 amide bonds. The van der Waals surface area contributed by atoms with Crippen LogP contribution in [0.25, 0.3) is 0 Å². The molecule has 1 atom stereocenters. The van der Waals surface area contributed by atoms with Crippen molar-refractivity contribution < 1.29 is 14.3 Å². The third-order valence-corrected chi connectivity index (χ3v) is 3.15. The number of fused-ring (bicyclic) bond motifs is 1. The molecule has 102 valence electrons. The Balaban J connectivity index is 1.77. The molecule has 0 fully saturated rings. The van der Waals surface area contributed by atoms with Gasteiger partial charge in [0.2, 0.25) is 6.23 Å². The van der Waals surface area contributed by atoms with Gasteiger partial charge in [0.1, 0.15) is 5.75 Å². The van der Waals surface area contributed by atoms with Crippen molar-refractivity contribution in [1.29, 1.82) is 0 Å². The van der Waals surface area contributed by atoms with Crippen LogP contribution in [0.3, 0.4) is 0 Å². The fraction of sp³-hybridized carbons (Fsp3) is 0.188. The van der Waals surface area contributed by atoms with Crippen LogP contribution >= 0.6 is 0 Å². The van der Waals surface area contributed by atoms with E-state index in [1.54, 1.807) is 6.07 Å². The minimum atomic E-state index is -0.434. The zero-order chi connectivity index (χ0) is 13.9. The number of carbonyl (C=O) groups excluding carboxylic acids is 1. The number of carbonyl (C=O) groups is 1. The monoisotopic (exact) mass is 269 g/mol. The number of anilines is 1. The van der Waals surface area contributed by atoms with E-state index in [-0.39, 0.29) is 5.97 Å². The average Bonchev–Trinajstić information content (AvgIpc) is 2.79. The topological polar surface area (TPSA) is 47.6 Å². The van der Waals surface area contributed by atoms with Gasteiger partial charge in [-0.2, -0.15) is 0 Å². The lowest BCUT2D eigenvalue weighted by Gasteiger charge is -2.14. The van der Waals surface area contributed by atoms with Gasteiger partial charge in [-0.05, 0) is 37.3 Å². The molecule has 1 unspecified atom stereocenters. The quantitative estimate of drug-likeness (QED) is 0.864. The first-order chi connectivity index (χ1) is 9.78. The summed E-state index contributed by atoms with van der Waals surface area (Å²) in [5, 5.41) is 3.20. The molecule has 2 aromatic carbocycles. The second-order valence-corrected chi connectivity index (χ2v) is 4.47. The van der Waals surface area contributed by atoms with Crippen molar-refractivity contribution in [2.45, 2.75) is 13.2 Å². The molecule has 0 aromatic heterocycles. The summed E-state index contributed by atoms with van der Waals surface area (Å²) in [5.74, 6) is 0.533. The van der Waals surface area contributed by atoms with Crippen LogP contribution in [0.5, 0.6) is 5.75 Å². The zero-order valence-corrected chi connectivity index (χ0v) is 11.1. The second kappa shape index (κ2) is 5.25. The van der Waals surface area contributed by atoms with Crippen molar-refractivity contribution in [2.75, 3.05) is 11.9 Å². The van der Waals surface area contributed by atoms with E-state index in [0.29, 0.717) is 12.2 Å². The van der Waals surface area contributed by atoms with E-state index in [4.69, 9.17) is 9.47 Å². The zero-order valence-electron chi connectivity index (χ0n) is 11.1. The summed E-state index contributed by atoms with van der Waals surface area (Å²) in [6.45, 7) is 2.58. The molecular weight excluding hydrogens is 254 g/mol. The SMILES string of the molecule is CCOc1ccc(NC2OC(=O)c3ccccc32)cc1. The highest BCUT2D eigenvalue weighted by Crippen LogP contribution is 2.31. The molecule has 1 heterocycles. The summed E-state index contributed by atoms with van der Waals surface area (Å²) in [6.07, 6.45) is -0.434. The number of nitrogens with one attached hydrogen (secondary N) is 1. The number of cyclic esters (lactones) is 1. The summed E-state index contributed by atoms with van der Waals surface area (Å²) in [4.78, 5) is 11.7. The van der Waals surface area contributed by atoms with Gasteiger partial charge in [0.25, 0.3) is 0 Å². The van der Waals surface area contributed by atoms with Gasteiger partial charge >= 0.3 is 5.97 Å². The summed E-state index contributed by atoms with van der Waals surface area (Å²) in [6, 6.07) is 15.0. The second-order valence-electron chi connectivity index (χ2n) is 4.47. The third-order valence-electron chi connectivity index (χ3n) is 3.15. The lowest BCUT2D eigenvalue weighted by atomic mass is 10.1. The van der Waals surface area contributed by atoms with Gasteiger partial charge in [0.15, 0.2) is 0 Å². The van der Waals surface area contributed by atoms with Gasteiger partial charge in [-0.1, -0.05) is 18.2 Å². The molecule has 0 bridgehead atoms. The number of rotatable bonds is 4. The van der Waals surface area contributed by atoms with Crippen molar-refractivity contribution in [2.24, 2.45) is 0 Å². The molecule has 0 spiro atoms. The maximum Gasteiger partial charge on any atom is 0.340 e. The molecule has 0 saturated heterocycles. The molecule has 20 heavy (non-hydrogen) atoms. The van der Waals surface area contributed by atoms with E-state index in [9.17, 15) is 4.79 Å². The maximum atomic E-state index is 11.7. The average molecular weight is 269 g/mol. The van der Waals surface area contributed by atoms with Crippen LogP contribution in [0.15, 0.2) is 48.5 Å². The van der Waals surface area contributed by atoms with Crippen LogP contribution in [0.4, 0.5) is 5.69 Å². The van der Waals surface area contributed by atoms with Crippen LogP contribution in [0.1, 0.15) is 29.1 Å². The molecule has 2 aromatic rings. The largest absolute Gasteiger partial charge is 0.494 e. The van der Waals surface area contributed by atoms with E-state index in [0.717, 1.165) is 17.0 Å².